The van der Waals surface area contributed by atoms with Gasteiger partial charge < -0.3 is 18.9 Å². The number of aromatic nitrogens is 2. The summed E-state index contributed by atoms with van der Waals surface area (Å²) in [5, 5.41) is 4.04. The van der Waals surface area contributed by atoms with Crippen LogP contribution in [0.3, 0.4) is 0 Å². The maximum absolute atomic E-state index is 12.8. The number of benzene rings is 2. The van der Waals surface area contributed by atoms with Crippen LogP contribution in [0.25, 0.3) is 11.4 Å². The summed E-state index contributed by atoms with van der Waals surface area (Å²) >= 11 is 0. The van der Waals surface area contributed by atoms with E-state index < -0.39 is 0 Å². The Morgan fingerprint density at radius 2 is 1.97 bits per heavy atom. The van der Waals surface area contributed by atoms with E-state index in [9.17, 15) is 4.79 Å². The first-order valence-electron chi connectivity index (χ1n) is 9.55. The number of rotatable bonds is 6. The molecule has 1 atom stereocenters. The molecule has 1 unspecified atom stereocenters. The molecule has 29 heavy (non-hydrogen) atoms. The number of aryl methyl sites for hydroxylation is 1. The van der Waals surface area contributed by atoms with Gasteiger partial charge in [0.25, 0.3) is 0 Å². The first-order chi connectivity index (χ1) is 14.1. The van der Waals surface area contributed by atoms with Gasteiger partial charge in [-0.15, -0.1) is 0 Å². The lowest BCUT2D eigenvalue weighted by molar-refractivity contribution is -0.118. The van der Waals surface area contributed by atoms with E-state index in [-0.39, 0.29) is 11.9 Å². The van der Waals surface area contributed by atoms with E-state index in [4.69, 9.17) is 14.0 Å². The fraction of sp³-hybridized carbons (Fsp3) is 0.318. The molecule has 2 aromatic carbocycles. The van der Waals surface area contributed by atoms with Crippen LogP contribution >= 0.6 is 0 Å². The van der Waals surface area contributed by atoms with Crippen LogP contribution in [0.4, 0.5) is 5.69 Å². The number of ether oxygens (including phenoxy) is 2. The lowest BCUT2D eigenvalue weighted by Crippen LogP contribution is -2.35. The number of nitrogens with zero attached hydrogens (tertiary/aromatic N) is 3. The summed E-state index contributed by atoms with van der Waals surface area (Å²) in [6, 6.07) is 13.6. The van der Waals surface area contributed by atoms with Gasteiger partial charge in [-0.05, 0) is 43.2 Å². The Morgan fingerprint density at radius 3 is 2.76 bits per heavy atom. The normalized spacial score (nSPS) is 15.3. The molecule has 1 amide bonds. The van der Waals surface area contributed by atoms with Gasteiger partial charge in [0.05, 0.1) is 14.2 Å². The molecular weight excluding hydrogens is 370 g/mol. The van der Waals surface area contributed by atoms with E-state index in [1.54, 1.807) is 26.4 Å². The Morgan fingerprint density at radius 1 is 1.17 bits per heavy atom. The van der Waals surface area contributed by atoms with Gasteiger partial charge in [0.1, 0.15) is 0 Å². The maximum Gasteiger partial charge on any atom is 0.227 e. The topological polar surface area (TPSA) is 77.7 Å². The zero-order valence-corrected chi connectivity index (χ0v) is 16.7. The number of para-hydroxylation sites is 1. The minimum Gasteiger partial charge on any atom is -0.493 e. The summed E-state index contributed by atoms with van der Waals surface area (Å²) in [5.41, 5.74) is 2.97. The van der Waals surface area contributed by atoms with Crippen molar-refractivity contribution in [1.82, 2.24) is 10.1 Å². The number of amides is 1. The minimum absolute atomic E-state index is 0.0633. The predicted molar refractivity (Wildman–Crippen MR) is 108 cm³/mol. The first-order valence-corrected chi connectivity index (χ1v) is 9.55. The van der Waals surface area contributed by atoms with Crippen molar-refractivity contribution in [2.45, 2.75) is 32.2 Å². The lowest BCUT2D eigenvalue weighted by atomic mass is 10.1. The van der Waals surface area contributed by atoms with E-state index in [2.05, 4.69) is 23.1 Å². The Balaban J connectivity index is 1.44. The molecule has 0 radical (unpaired) electrons. The molecule has 0 fully saturated rings. The van der Waals surface area contributed by atoms with Crippen molar-refractivity contribution in [3.8, 4) is 22.9 Å². The van der Waals surface area contributed by atoms with Crippen molar-refractivity contribution in [3.05, 3.63) is 53.9 Å². The maximum atomic E-state index is 12.8. The average molecular weight is 393 g/mol. The quantitative estimate of drug-likeness (QED) is 0.636. The summed E-state index contributed by atoms with van der Waals surface area (Å²) in [6.45, 7) is 2.07. The summed E-state index contributed by atoms with van der Waals surface area (Å²) in [4.78, 5) is 19.1. The van der Waals surface area contributed by atoms with Gasteiger partial charge >= 0.3 is 0 Å². The number of fused-ring (bicyclic) bond motifs is 1. The smallest absolute Gasteiger partial charge is 0.227 e. The zero-order chi connectivity index (χ0) is 20.4. The molecule has 7 heteroatoms. The zero-order valence-electron chi connectivity index (χ0n) is 16.7. The van der Waals surface area contributed by atoms with Crippen molar-refractivity contribution in [2.24, 2.45) is 0 Å². The highest BCUT2D eigenvalue weighted by atomic mass is 16.5. The van der Waals surface area contributed by atoms with Gasteiger partial charge in [0, 0.05) is 30.1 Å². The number of hydrogen-bond donors (Lipinski definition) is 0. The van der Waals surface area contributed by atoms with Crippen molar-refractivity contribution in [1.29, 1.82) is 0 Å². The summed E-state index contributed by atoms with van der Waals surface area (Å²) in [7, 11) is 3.16. The van der Waals surface area contributed by atoms with Crippen LogP contribution in [0.1, 0.15) is 24.8 Å². The lowest BCUT2D eigenvalue weighted by Gasteiger charge is -2.22. The molecule has 0 saturated carbocycles. The van der Waals surface area contributed by atoms with Gasteiger partial charge in [-0.25, -0.2) is 0 Å². The molecule has 7 nitrogen and oxygen atoms in total. The van der Waals surface area contributed by atoms with E-state index in [0.29, 0.717) is 36.1 Å². The van der Waals surface area contributed by atoms with E-state index in [1.165, 1.54) is 5.56 Å². The van der Waals surface area contributed by atoms with Crippen molar-refractivity contribution in [3.63, 3.8) is 0 Å². The van der Waals surface area contributed by atoms with Crippen LogP contribution in [-0.2, 0) is 17.6 Å². The third-order valence-corrected chi connectivity index (χ3v) is 5.14. The second-order valence-corrected chi connectivity index (χ2v) is 7.03. The highest BCUT2D eigenvalue weighted by molar-refractivity contribution is 5.96. The Labute approximate surface area is 169 Å². The standard InChI is InChI=1S/C22H23N3O4/c1-14-12-15-6-4-5-7-17(15)25(14)21(26)11-10-20-23-22(24-29-20)16-8-9-18(27-2)19(13-16)28-3/h4-9,13-14H,10-12H2,1-3H3. The fourth-order valence-electron chi connectivity index (χ4n) is 3.73. The molecule has 4 rings (SSSR count). The monoisotopic (exact) mass is 393 g/mol. The van der Waals surface area contributed by atoms with Crippen molar-refractivity contribution in [2.75, 3.05) is 19.1 Å². The SMILES string of the molecule is COc1ccc(-c2noc(CCC(=O)N3c4ccccc4CC3C)n2)cc1OC. The van der Waals surface area contributed by atoms with Gasteiger partial charge in [0.15, 0.2) is 11.5 Å². The van der Waals surface area contributed by atoms with Crippen LogP contribution in [0.5, 0.6) is 11.5 Å². The van der Waals surface area contributed by atoms with Crippen LogP contribution in [0.2, 0.25) is 0 Å². The molecule has 0 bridgehead atoms. The van der Waals surface area contributed by atoms with Crippen LogP contribution < -0.4 is 14.4 Å². The van der Waals surface area contributed by atoms with Crippen LogP contribution in [0.15, 0.2) is 47.0 Å². The number of carbonyl (C=O) groups excluding carboxylic acids is 1. The molecule has 3 aromatic rings. The largest absolute Gasteiger partial charge is 0.493 e. The Bertz CT molecular complexity index is 1030. The third-order valence-electron chi connectivity index (χ3n) is 5.14. The summed E-state index contributed by atoms with van der Waals surface area (Å²) in [6.07, 6.45) is 1.59. The second kappa shape index (κ2) is 7.95. The van der Waals surface area contributed by atoms with Crippen LogP contribution in [0, 0.1) is 0 Å². The van der Waals surface area contributed by atoms with Crippen molar-refractivity contribution >= 4 is 11.6 Å². The molecule has 0 spiro atoms. The fourth-order valence-corrected chi connectivity index (χ4v) is 3.73. The molecule has 2 heterocycles. The molecule has 1 aliphatic rings. The van der Waals surface area contributed by atoms with Gasteiger partial charge in [-0.1, -0.05) is 23.4 Å². The number of carbonyl (C=O) groups is 1. The second-order valence-electron chi connectivity index (χ2n) is 7.03. The predicted octanol–water partition coefficient (Wildman–Crippen LogP) is 3.66. The van der Waals surface area contributed by atoms with E-state index in [0.717, 1.165) is 17.7 Å². The minimum atomic E-state index is 0.0633. The molecule has 150 valence electrons. The van der Waals surface area contributed by atoms with Crippen molar-refractivity contribution < 1.29 is 18.8 Å². The molecular formula is C22H23N3O4. The molecule has 0 saturated heterocycles. The van der Waals surface area contributed by atoms with Crippen LogP contribution in [-0.4, -0.2) is 36.3 Å². The number of hydrogen-bond acceptors (Lipinski definition) is 6. The number of anilines is 1. The van der Waals surface area contributed by atoms with Gasteiger partial charge in [-0.2, -0.15) is 4.98 Å². The summed E-state index contributed by atoms with van der Waals surface area (Å²) in [5.74, 6) is 2.17. The Kier molecular flexibility index (Phi) is 5.20. The van der Waals surface area contributed by atoms with Gasteiger partial charge in [-0.3, -0.25) is 4.79 Å². The molecule has 1 aliphatic heterocycles. The molecule has 0 aliphatic carbocycles. The van der Waals surface area contributed by atoms with E-state index in [1.807, 2.05) is 29.2 Å². The molecule has 0 N–H and O–H groups in total. The molecule has 1 aromatic heterocycles. The average Bonchev–Trinajstić information content (AvgIpc) is 3.35. The highest BCUT2D eigenvalue weighted by Crippen LogP contribution is 2.33. The first kappa shape index (κ1) is 19.0. The highest BCUT2D eigenvalue weighted by Gasteiger charge is 2.30. The third kappa shape index (κ3) is 3.68. The Hall–Kier alpha value is -3.35. The number of methoxy groups -OCH3 is 2. The van der Waals surface area contributed by atoms with Gasteiger partial charge in [0.2, 0.25) is 17.6 Å². The van der Waals surface area contributed by atoms with E-state index >= 15 is 0 Å². The summed E-state index contributed by atoms with van der Waals surface area (Å²) < 4.78 is 15.9.